The number of pyridine rings is 1. The molecule has 0 saturated carbocycles. The molecule has 1 aliphatic heterocycles. The average molecular weight is 606 g/mol. The maximum absolute atomic E-state index is 11.8. The first kappa shape index (κ1) is 29.8. The molecule has 3 unspecified atom stereocenters. The molecule has 3 atom stereocenters. The van der Waals surface area contributed by atoms with Gasteiger partial charge in [-0.15, -0.1) is 0 Å². The van der Waals surface area contributed by atoms with Crippen LogP contribution in [-0.4, -0.2) is 95.5 Å². The van der Waals surface area contributed by atoms with E-state index in [0.717, 1.165) is 0 Å². The smallest absolute Gasteiger partial charge is 0.548 e. The third-order valence-electron chi connectivity index (χ3n) is 5.83. The Hall–Kier alpha value is -1.28. The van der Waals surface area contributed by atoms with E-state index in [4.69, 9.17) is 0 Å². The number of carbonyl (C=O) groups is 3. The second kappa shape index (κ2) is 14.2. The Labute approximate surface area is 225 Å². The summed E-state index contributed by atoms with van der Waals surface area (Å²) in [6.45, 7) is 4.52. The van der Waals surface area contributed by atoms with Crippen molar-refractivity contribution < 1.29 is 69.6 Å². The fraction of sp³-hybridized carbons (Fsp3) is 0.619. The zero-order valence-electron chi connectivity index (χ0n) is 19.0. The number of nitrogens with zero attached hydrogens (tertiary/aromatic N) is 4. The van der Waals surface area contributed by atoms with Crippen LogP contribution in [0.25, 0.3) is 0 Å². The normalized spacial score (nSPS) is 19.2. The fourth-order valence-electron chi connectivity index (χ4n) is 3.73. The summed E-state index contributed by atoms with van der Waals surface area (Å²) in [6, 6.07) is 2.52. The van der Waals surface area contributed by atoms with Crippen LogP contribution < -0.4 is 20.6 Å². The zero-order valence-corrected chi connectivity index (χ0v) is 21.3. The van der Waals surface area contributed by atoms with Crippen molar-refractivity contribution in [3.05, 3.63) is 29.6 Å². The van der Waals surface area contributed by atoms with Crippen LogP contribution in [0.1, 0.15) is 25.2 Å². The predicted molar refractivity (Wildman–Crippen MR) is 108 cm³/mol. The number of hydrogen-bond donors (Lipinski definition) is 1. The summed E-state index contributed by atoms with van der Waals surface area (Å²) >= 11 is 0. The van der Waals surface area contributed by atoms with E-state index in [9.17, 15) is 29.7 Å². The Morgan fingerprint density at radius 2 is 1.30 bits per heavy atom. The van der Waals surface area contributed by atoms with E-state index in [-0.39, 0.29) is 85.8 Å². The van der Waals surface area contributed by atoms with Gasteiger partial charge >= 0.3 is 39.9 Å². The summed E-state index contributed by atoms with van der Waals surface area (Å²) in [7, 11) is 1.62. The molecule has 1 N–H and O–H groups in total. The number of carbonyl (C=O) groups excluding carboxylic acids is 3. The Kier molecular flexibility index (Phi) is 12.8. The molecule has 11 nitrogen and oxygen atoms in total. The van der Waals surface area contributed by atoms with Crippen LogP contribution in [0.2, 0.25) is 0 Å². The van der Waals surface area contributed by atoms with Gasteiger partial charge in [0.15, 0.2) is 0 Å². The molecule has 183 valence electrons. The molecule has 2 bridgehead atoms. The summed E-state index contributed by atoms with van der Waals surface area (Å²) in [5, 5.41) is 37.7. The molecule has 1 radical (unpaired) electrons. The van der Waals surface area contributed by atoms with E-state index in [1.54, 1.807) is 39.9 Å². The van der Waals surface area contributed by atoms with Gasteiger partial charge in [0.25, 0.3) is 0 Å². The van der Waals surface area contributed by atoms with Gasteiger partial charge in [0.2, 0.25) is 0 Å². The van der Waals surface area contributed by atoms with Crippen molar-refractivity contribution >= 4 is 17.9 Å². The van der Waals surface area contributed by atoms with E-state index >= 15 is 0 Å². The van der Waals surface area contributed by atoms with Gasteiger partial charge < -0.3 is 35.0 Å². The molecular weight excluding hydrogens is 576 g/mol. The van der Waals surface area contributed by atoms with Crippen molar-refractivity contribution in [3.8, 4) is 0 Å². The summed E-state index contributed by atoms with van der Waals surface area (Å²) in [4.78, 5) is 44.4. The molecule has 0 fully saturated rings. The third kappa shape index (κ3) is 8.78. The Morgan fingerprint density at radius 1 is 0.879 bits per heavy atom. The van der Waals surface area contributed by atoms with E-state index in [1.165, 1.54) is 13.8 Å². The van der Waals surface area contributed by atoms with E-state index in [1.807, 2.05) is 0 Å². The van der Waals surface area contributed by atoms with Gasteiger partial charge in [-0.25, -0.2) is 0 Å². The number of hydrogen-bond acceptors (Lipinski definition) is 11. The van der Waals surface area contributed by atoms with Crippen molar-refractivity contribution in [3.63, 3.8) is 0 Å². The Morgan fingerprint density at radius 3 is 1.67 bits per heavy atom. The van der Waals surface area contributed by atoms with Crippen LogP contribution in [0.15, 0.2) is 18.2 Å². The summed E-state index contributed by atoms with van der Waals surface area (Å²) in [5.41, 5.74) is 1.24. The van der Waals surface area contributed by atoms with E-state index in [2.05, 4.69) is 10.3 Å². The molecule has 33 heavy (non-hydrogen) atoms. The third-order valence-corrected chi connectivity index (χ3v) is 5.83. The minimum Gasteiger partial charge on any atom is -0.548 e. The number of aromatic nitrogens is 1. The number of likely N-dealkylation sites (N-methyl/N-ethyl adjacent to an activating group) is 1. The molecule has 0 aliphatic carbocycles. The van der Waals surface area contributed by atoms with Crippen molar-refractivity contribution in [2.75, 3.05) is 39.8 Å². The van der Waals surface area contributed by atoms with Crippen molar-refractivity contribution in [2.24, 2.45) is 0 Å². The number of carboxylic acids is 3. The first-order valence-electron chi connectivity index (χ1n) is 10.6. The molecule has 1 aromatic heterocycles. The van der Waals surface area contributed by atoms with Gasteiger partial charge in [-0.1, -0.05) is 6.07 Å². The quantitative estimate of drug-likeness (QED) is 0.306. The molecule has 12 heteroatoms. The number of rotatable bonds is 8. The van der Waals surface area contributed by atoms with Crippen LogP contribution >= 0.6 is 0 Å². The largest absolute Gasteiger partial charge is 3.00 e. The average Bonchev–Trinajstić information content (AvgIpc) is 2.74. The molecule has 0 saturated heterocycles. The molecule has 0 amide bonds. The number of aliphatic carboxylic acids is 3. The van der Waals surface area contributed by atoms with Crippen LogP contribution in [0.4, 0.5) is 0 Å². The Balaban J connectivity index is 0.00000544. The predicted octanol–water partition coefficient (Wildman–Crippen LogP) is -4.38. The summed E-state index contributed by atoms with van der Waals surface area (Å²) in [5.74, 6) is -3.74. The monoisotopic (exact) mass is 606 g/mol. The SMILES string of the molecule is CNCC(C(=O)[O-])N1CCN(C(C)C(=O)[O-])Cc2cccc(n2)CN(C(C)C(=O)[O-])CC1.[Gd+3]. The maximum atomic E-state index is 11.8. The van der Waals surface area contributed by atoms with Gasteiger partial charge in [-0.3, -0.25) is 19.7 Å². The minimum absolute atomic E-state index is 0. The van der Waals surface area contributed by atoms with E-state index < -0.39 is 36.0 Å². The van der Waals surface area contributed by atoms with Crippen LogP contribution in [-0.2, 0) is 27.5 Å². The Bertz CT molecular complexity index is 764. The number of nitrogens with one attached hydrogen (secondary N) is 1. The molecule has 2 heterocycles. The van der Waals surface area contributed by atoms with Crippen LogP contribution in [0, 0.1) is 39.9 Å². The summed E-state index contributed by atoms with van der Waals surface area (Å²) < 4.78 is 0. The second-order valence-corrected chi connectivity index (χ2v) is 7.98. The molecular formula is C21H30GdN5O6. The van der Waals surface area contributed by atoms with Crippen molar-refractivity contribution in [1.82, 2.24) is 25.0 Å². The molecule has 1 aliphatic rings. The van der Waals surface area contributed by atoms with E-state index in [0.29, 0.717) is 11.4 Å². The van der Waals surface area contributed by atoms with Crippen LogP contribution in [0.5, 0.6) is 0 Å². The molecule has 2 rings (SSSR count). The number of fused-ring (bicyclic) bond motifs is 2. The van der Waals surface area contributed by atoms with Gasteiger partial charge in [-0.05, 0) is 33.0 Å². The minimum atomic E-state index is -1.27. The first-order valence-corrected chi connectivity index (χ1v) is 10.6. The van der Waals surface area contributed by atoms with Crippen molar-refractivity contribution in [2.45, 2.75) is 45.1 Å². The zero-order chi connectivity index (χ0) is 23.8. The van der Waals surface area contributed by atoms with Crippen LogP contribution in [0.3, 0.4) is 0 Å². The molecule has 0 spiro atoms. The van der Waals surface area contributed by atoms with Gasteiger partial charge in [0.05, 0.1) is 35.3 Å². The second-order valence-electron chi connectivity index (χ2n) is 7.98. The van der Waals surface area contributed by atoms with Crippen molar-refractivity contribution in [1.29, 1.82) is 0 Å². The van der Waals surface area contributed by atoms with Gasteiger partial charge in [0, 0.05) is 57.9 Å². The molecule has 0 aromatic carbocycles. The molecule has 1 aromatic rings. The maximum Gasteiger partial charge on any atom is 3.00 e. The number of carboxylic acid groups (broad SMARTS) is 3. The van der Waals surface area contributed by atoms with Gasteiger partial charge in [0.1, 0.15) is 0 Å². The fourth-order valence-corrected chi connectivity index (χ4v) is 3.73. The first-order chi connectivity index (χ1) is 15.1. The topological polar surface area (TPSA) is 155 Å². The summed E-state index contributed by atoms with van der Waals surface area (Å²) in [6.07, 6.45) is 0. The standard InChI is InChI=1S/C21H33N5O6.Gd/c1-14(19(27)28)25-9-7-24(18(11-22-3)21(31)32)8-10-26(15(2)20(29)30)13-17-6-4-5-16(12-25)23-17;/h4-6,14-15,18,22H,7-13H2,1-3H3,(H,27,28)(H,29,30)(H,31,32);/q;+3/p-3. The van der Waals surface area contributed by atoms with Gasteiger partial charge in [-0.2, -0.15) is 0 Å².